The van der Waals surface area contributed by atoms with Gasteiger partial charge in [-0.3, -0.25) is 19.1 Å². The number of halogens is 1. The zero-order chi connectivity index (χ0) is 31.2. The standard InChI is InChI=1S/C32H42FN7O3S/c1-32(2,3)12-17-39-29(42)25(44-30(39)22-6-4-7-23(33)27(22)38-14-9-20(34)19-38)18-26(41)37-15-10-21(11-16-37)40-24-8-5-13-35-28(24)36-31(40)43/h4-8,13,20-21,25,30H,9-12,14-19,34H2,1-3H3,(H,35,36,43)/t20?,25-,30-/m0/s1. The summed E-state index contributed by atoms with van der Waals surface area (Å²) >= 11 is 1.46. The van der Waals surface area contributed by atoms with Crippen LogP contribution in [-0.2, 0) is 9.59 Å². The van der Waals surface area contributed by atoms with Crippen molar-refractivity contribution < 1.29 is 14.0 Å². The van der Waals surface area contributed by atoms with Gasteiger partial charge >= 0.3 is 5.69 Å². The van der Waals surface area contributed by atoms with Crippen molar-refractivity contribution in [3.63, 3.8) is 0 Å². The third-order valence-electron chi connectivity index (χ3n) is 9.09. The number of imidazole rings is 1. The fourth-order valence-electron chi connectivity index (χ4n) is 6.69. The van der Waals surface area contributed by atoms with Crippen LogP contribution in [0.3, 0.4) is 0 Å². The van der Waals surface area contributed by atoms with Crippen molar-refractivity contribution in [3.8, 4) is 0 Å². The summed E-state index contributed by atoms with van der Waals surface area (Å²) in [5.41, 5.74) is 8.60. The minimum Gasteiger partial charge on any atom is -0.367 e. The maximum Gasteiger partial charge on any atom is 0.327 e. The zero-order valence-electron chi connectivity index (χ0n) is 25.7. The Bertz CT molecular complexity index is 1590. The molecule has 236 valence electrons. The molecule has 3 fully saturated rings. The molecule has 10 nitrogen and oxygen atoms in total. The molecule has 3 aromatic rings. The van der Waals surface area contributed by atoms with Crippen LogP contribution in [-0.4, -0.2) is 80.2 Å². The lowest BCUT2D eigenvalue weighted by Crippen LogP contribution is -2.42. The number of thioether (sulfide) groups is 1. The Morgan fingerprint density at radius 2 is 1.89 bits per heavy atom. The lowest BCUT2D eigenvalue weighted by Gasteiger charge is -2.33. The van der Waals surface area contributed by atoms with Crippen LogP contribution in [0.15, 0.2) is 41.3 Å². The number of nitrogens with one attached hydrogen (secondary N) is 1. The number of para-hydroxylation sites is 1. The van der Waals surface area contributed by atoms with Gasteiger partial charge in [-0.1, -0.05) is 32.9 Å². The molecule has 1 aromatic carbocycles. The second kappa shape index (κ2) is 12.2. The number of hydrogen-bond acceptors (Lipinski definition) is 7. The van der Waals surface area contributed by atoms with Crippen molar-refractivity contribution in [1.82, 2.24) is 24.3 Å². The van der Waals surface area contributed by atoms with Gasteiger partial charge in [-0.25, -0.2) is 14.2 Å². The summed E-state index contributed by atoms with van der Waals surface area (Å²) in [7, 11) is 0. The average molecular weight is 624 g/mol. The van der Waals surface area contributed by atoms with E-state index in [9.17, 15) is 14.4 Å². The van der Waals surface area contributed by atoms with Crippen LogP contribution in [0.5, 0.6) is 0 Å². The monoisotopic (exact) mass is 623 g/mol. The molecule has 0 bridgehead atoms. The van der Waals surface area contributed by atoms with Crippen LogP contribution < -0.4 is 16.3 Å². The molecule has 0 saturated carbocycles. The van der Waals surface area contributed by atoms with Crippen molar-refractivity contribution in [2.24, 2.45) is 11.1 Å². The number of pyridine rings is 1. The summed E-state index contributed by atoms with van der Waals surface area (Å²) in [5.74, 6) is -0.449. The number of fused-ring (bicyclic) bond motifs is 1. The van der Waals surface area contributed by atoms with Gasteiger partial charge in [0.2, 0.25) is 11.8 Å². The number of piperidine rings is 1. The lowest BCUT2D eigenvalue weighted by atomic mass is 9.92. The second-order valence-corrected chi connectivity index (χ2v) is 14.8. The third kappa shape index (κ3) is 6.10. The van der Waals surface area contributed by atoms with Gasteiger partial charge in [0.25, 0.3) is 0 Å². The highest BCUT2D eigenvalue weighted by atomic mass is 32.2. The Kier molecular flexibility index (Phi) is 8.49. The molecule has 1 unspecified atom stereocenters. The molecule has 2 aromatic heterocycles. The van der Waals surface area contributed by atoms with E-state index in [4.69, 9.17) is 5.73 Å². The van der Waals surface area contributed by atoms with Crippen molar-refractivity contribution >= 4 is 40.4 Å². The molecule has 3 N–H and O–H groups in total. The highest BCUT2D eigenvalue weighted by Crippen LogP contribution is 2.48. The van der Waals surface area contributed by atoms with E-state index in [0.717, 1.165) is 23.9 Å². The van der Waals surface area contributed by atoms with E-state index in [0.29, 0.717) is 56.9 Å². The van der Waals surface area contributed by atoms with E-state index in [2.05, 4.69) is 30.7 Å². The first-order valence-corrected chi connectivity index (χ1v) is 16.5. The minimum atomic E-state index is -0.551. The summed E-state index contributed by atoms with van der Waals surface area (Å²) in [6, 6.07) is 8.72. The molecule has 3 atom stereocenters. The molecule has 0 radical (unpaired) electrons. The number of anilines is 1. The Hall–Kier alpha value is -3.38. The second-order valence-electron chi connectivity index (χ2n) is 13.5. The summed E-state index contributed by atoms with van der Waals surface area (Å²) < 4.78 is 17.1. The smallest absolute Gasteiger partial charge is 0.327 e. The number of carbonyl (C=O) groups excluding carboxylic acids is 2. The molecule has 3 saturated heterocycles. The van der Waals surface area contributed by atoms with Crippen molar-refractivity contribution in [1.29, 1.82) is 0 Å². The molecule has 6 rings (SSSR count). The van der Waals surface area contributed by atoms with Gasteiger partial charge in [-0.2, -0.15) is 0 Å². The number of H-pyrrole nitrogens is 1. The first-order chi connectivity index (χ1) is 21.0. The topological polar surface area (TPSA) is 121 Å². The first kappa shape index (κ1) is 30.6. The summed E-state index contributed by atoms with van der Waals surface area (Å²) in [6.07, 6.45) is 4.60. The first-order valence-electron chi connectivity index (χ1n) is 15.6. The fourth-order valence-corrected chi connectivity index (χ4v) is 8.18. The molecule has 3 aliphatic rings. The van der Waals surface area contributed by atoms with Crippen LogP contribution in [0.2, 0.25) is 0 Å². The number of likely N-dealkylation sites (tertiary alicyclic amines) is 1. The summed E-state index contributed by atoms with van der Waals surface area (Å²) in [5, 5.41) is -0.942. The molecular formula is C32H42FN7O3S. The number of amides is 2. The van der Waals surface area contributed by atoms with Crippen LogP contribution in [0.4, 0.5) is 10.1 Å². The van der Waals surface area contributed by atoms with Crippen LogP contribution in [0, 0.1) is 11.2 Å². The van der Waals surface area contributed by atoms with E-state index in [1.54, 1.807) is 16.8 Å². The van der Waals surface area contributed by atoms with E-state index in [-0.39, 0.29) is 47.2 Å². The molecule has 12 heteroatoms. The van der Waals surface area contributed by atoms with Crippen LogP contribution in [0.1, 0.15) is 69.9 Å². The largest absolute Gasteiger partial charge is 0.367 e. The summed E-state index contributed by atoms with van der Waals surface area (Å²) in [6.45, 7) is 9.20. The Morgan fingerprint density at radius 3 is 2.59 bits per heavy atom. The van der Waals surface area contributed by atoms with E-state index in [1.807, 2.05) is 32.9 Å². The van der Waals surface area contributed by atoms with E-state index >= 15 is 4.39 Å². The normalized spacial score (nSPS) is 23.3. The molecule has 2 amide bonds. The van der Waals surface area contributed by atoms with Gasteiger partial charge in [0.1, 0.15) is 11.2 Å². The molecular weight excluding hydrogens is 581 g/mol. The lowest BCUT2D eigenvalue weighted by molar-refractivity contribution is -0.136. The quantitative estimate of drug-likeness (QED) is 0.408. The molecule has 3 aliphatic heterocycles. The third-order valence-corrected chi connectivity index (χ3v) is 10.6. The van der Waals surface area contributed by atoms with E-state index < -0.39 is 10.6 Å². The van der Waals surface area contributed by atoms with Gasteiger partial charge < -0.3 is 20.4 Å². The van der Waals surface area contributed by atoms with Crippen LogP contribution >= 0.6 is 11.8 Å². The predicted octanol–water partition coefficient (Wildman–Crippen LogP) is 4.03. The molecule has 5 heterocycles. The highest BCUT2D eigenvalue weighted by Gasteiger charge is 2.44. The number of benzene rings is 1. The van der Waals surface area contributed by atoms with Crippen LogP contribution in [0.25, 0.3) is 11.2 Å². The van der Waals surface area contributed by atoms with Gasteiger partial charge in [-0.05, 0) is 49.3 Å². The Morgan fingerprint density at radius 1 is 1.11 bits per heavy atom. The van der Waals surface area contributed by atoms with Gasteiger partial charge in [0.05, 0.1) is 16.5 Å². The molecule has 44 heavy (non-hydrogen) atoms. The van der Waals surface area contributed by atoms with Gasteiger partial charge in [0, 0.05) is 63.0 Å². The van der Waals surface area contributed by atoms with Gasteiger partial charge in [-0.15, -0.1) is 11.8 Å². The van der Waals surface area contributed by atoms with E-state index in [1.165, 1.54) is 17.8 Å². The SMILES string of the molecule is CC(C)(C)CCN1C(=O)[C@H](CC(=O)N2CCC(n3c(=O)[nH]c4ncccc43)CC2)S[C@H]1c1cccc(F)c1N1CCC(N)C1. The van der Waals surface area contributed by atoms with Crippen molar-refractivity contribution in [3.05, 3.63) is 58.4 Å². The Balaban J connectivity index is 1.18. The summed E-state index contributed by atoms with van der Waals surface area (Å²) in [4.78, 5) is 52.9. The van der Waals surface area contributed by atoms with Crippen molar-refractivity contribution in [2.45, 2.75) is 75.6 Å². The molecule has 0 spiro atoms. The maximum atomic E-state index is 15.4. The minimum absolute atomic E-state index is 0.00303. The number of carbonyl (C=O) groups is 2. The highest BCUT2D eigenvalue weighted by molar-refractivity contribution is 8.01. The number of aromatic nitrogens is 3. The average Bonchev–Trinajstić information content (AvgIpc) is 3.65. The zero-order valence-corrected chi connectivity index (χ0v) is 26.5. The fraction of sp³-hybridized carbons (Fsp3) is 0.562. The number of rotatable bonds is 7. The van der Waals surface area contributed by atoms with Gasteiger partial charge in [0.15, 0.2) is 5.65 Å². The number of nitrogens with zero attached hydrogens (tertiary/aromatic N) is 5. The number of hydrogen-bond donors (Lipinski definition) is 2. The Labute approximate surface area is 261 Å². The number of aromatic amines is 1. The maximum absolute atomic E-state index is 15.4. The predicted molar refractivity (Wildman–Crippen MR) is 171 cm³/mol. The number of nitrogens with two attached hydrogens (primary N) is 1. The van der Waals surface area contributed by atoms with Crippen molar-refractivity contribution in [2.75, 3.05) is 37.6 Å². The molecule has 0 aliphatic carbocycles.